The smallest absolute Gasteiger partial charge is 0.0546 e. The van der Waals surface area contributed by atoms with E-state index in [4.69, 9.17) is 0 Å². The first-order valence-corrected chi connectivity index (χ1v) is 12.4. The molecule has 1 saturated carbocycles. The molecule has 0 radical (unpaired) electrons. The van der Waals surface area contributed by atoms with E-state index in [1.165, 1.54) is 58.2 Å². The second-order valence-corrected chi connectivity index (χ2v) is 9.77. The molecule has 5 aromatic carbocycles. The molecule has 0 N–H and O–H groups in total. The molecule has 2 unspecified atom stereocenters. The van der Waals surface area contributed by atoms with Crippen LogP contribution in [0.25, 0.3) is 21.9 Å². The first-order valence-electron chi connectivity index (χ1n) is 12.4. The van der Waals surface area contributed by atoms with Crippen molar-refractivity contribution in [1.29, 1.82) is 0 Å². The molecule has 2 aliphatic carbocycles. The number of para-hydroxylation sites is 2. The fourth-order valence-corrected chi connectivity index (χ4v) is 6.24. The largest absolute Gasteiger partial charge is 0.310 e. The van der Waals surface area contributed by atoms with Crippen LogP contribution in [0.2, 0.25) is 0 Å². The normalized spacial score (nSPS) is 18.2. The predicted molar refractivity (Wildman–Crippen MR) is 143 cm³/mol. The van der Waals surface area contributed by atoms with Crippen molar-refractivity contribution < 1.29 is 0 Å². The van der Waals surface area contributed by atoms with Gasteiger partial charge >= 0.3 is 0 Å². The lowest BCUT2D eigenvalue weighted by Crippen LogP contribution is -2.11. The zero-order valence-corrected chi connectivity index (χ0v) is 19.2. The highest BCUT2D eigenvalue weighted by Gasteiger charge is 2.36. The SMILES string of the molecule is c1ccc(N(c2ccccc2)c2cc3ccccc3cc2-c2ccc3c(c2)C2CCC3C2)cc1. The van der Waals surface area contributed by atoms with Crippen LogP contribution in [0.5, 0.6) is 0 Å². The van der Waals surface area contributed by atoms with Crippen LogP contribution in [0.4, 0.5) is 17.1 Å². The summed E-state index contributed by atoms with van der Waals surface area (Å²) in [6.07, 6.45) is 4.07. The molecule has 0 amide bonds. The minimum Gasteiger partial charge on any atom is -0.310 e. The Kier molecular flexibility index (Phi) is 4.55. The Bertz CT molecular complexity index is 1450. The molecule has 0 spiro atoms. The fourth-order valence-electron chi connectivity index (χ4n) is 6.24. The monoisotopic (exact) mass is 437 g/mol. The number of benzene rings is 5. The third kappa shape index (κ3) is 3.15. The highest BCUT2D eigenvalue weighted by Crippen LogP contribution is 2.54. The molecule has 0 aromatic heterocycles. The highest BCUT2D eigenvalue weighted by molar-refractivity contribution is 5.98. The van der Waals surface area contributed by atoms with Crippen molar-refractivity contribution in [2.45, 2.75) is 31.1 Å². The van der Waals surface area contributed by atoms with Gasteiger partial charge in [-0.1, -0.05) is 78.9 Å². The number of nitrogens with zero attached hydrogens (tertiary/aromatic N) is 1. The van der Waals surface area contributed by atoms with Crippen LogP contribution in [0.15, 0.2) is 115 Å². The Morgan fingerprint density at radius 1 is 0.529 bits per heavy atom. The lowest BCUT2D eigenvalue weighted by Gasteiger charge is -2.28. The summed E-state index contributed by atoms with van der Waals surface area (Å²) in [6, 6.07) is 42.2. The van der Waals surface area contributed by atoms with Crippen LogP contribution in [-0.4, -0.2) is 0 Å². The van der Waals surface area contributed by atoms with E-state index >= 15 is 0 Å². The van der Waals surface area contributed by atoms with Crippen molar-refractivity contribution in [3.8, 4) is 11.1 Å². The van der Waals surface area contributed by atoms with Gasteiger partial charge in [-0.15, -0.1) is 0 Å². The van der Waals surface area contributed by atoms with Crippen LogP contribution < -0.4 is 4.90 Å². The average Bonchev–Trinajstić information content (AvgIpc) is 3.52. The summed E-state index contributed by atoms with van der Waals surface area (Å²) in [4.78, 5) is 2.40. The van der Waals surface area contributed by atoms with E-state index in [2.05, 4.69) is 120 Å². The van der Waals surface area contributed by atoms with Gasteiger partial charge in [0.2, 0.25) is 0 Å². The van der Waals surface area contributed by atoms with Gasteiger partial charge in [-0.05, 0) is 95.0 Å². The van der Waals surface area contributed by atoms with Crippen LogP contribution in [0, 0.1) is 0 Å². The third-order valence-electron chi connectivity index (χ3n) is 7.84. The molecular weight excluding hydrogens is 410 g/mol. The first kappa shape index (κ1) is 19.6. The third-order valence-corrected chi connectivity index (χ3v) is 7.84. The van der Waals surface area contributed by atoms with Gasteiger partial charge in [-0.25, -0.2) is 0 Å². The lowest BCUT2D eigenvalue weighted by molar-refractivity contribution is 0.718. The molecule has 0 aliphatic heterocycles. The van der Waals surface area contributed by atoms with Gasteiger partial charge in [0.05, 0.1) is 5.69 Å². The van der Waals surface area contributed by atoms with Gasteiger partial charge in [0.25, 0.3) is 0 Å². The molecule has 0 heterocycles. The second-order valence-electron chi connectivity index (χ2n) is 9.77. The van der Waals surface area contributed by atoms with Crippen molar-refractivity contribution in [1.82, 2.24) is 0 Å². The number of hydrogen-bond donors (Lipinski definition) is 0. The molecule has 2 bridgehead atoms. The van der Waals surface area contributed by atoms with Crippen molar-refractivity contribution in [3.63, 3.8) is 0 Å². The topological polar surface area (TPSA) is 3.24 Å². The maximum Gasteiger partial charge on any atom is 0.0546 e. The number of hydrogen-bond acceptors (Lipinski definition) is 1. The summed E-state index contributed by atoms with van der Waals surface area (Å²) in [5.74, 6) is 1.54. The van der Waals surface area contributed by atoms with Gasteiger partial charge in [-0.3, -0.25) is 0 Å². The average molecular weight is 438 g/mol. The summed E-state index contributed by atoms with van der Waals surface area (Å²) in [6.45, 7) is 0. The molecule has 34 heavy (non-hydrogen) atoms. The Hall–Kier alpha value is -3.84. The van der Waals surface area contributed by atoms with Crippen LogP contribution in [0.3, 0.4) is 0 Å². The van der Waals surface area contributed by atoms with E-state index < -0.39 is 0 Å². The molecule has 1 heteroatoms. The van der Waals surface area contributed by atoms with Crippen LogP contribution in [0.1, 0.15) is 42.2 Å². The Labute approximate surface area is 201 Å². The molecule has 5 aromatic rings. The zero-order chi connectivity index (χ0) is 22.5. The van der Waals surface area contributed by atoms with E-state index in [1.807, 2.05) is 0 Å². The number of rotatable bonds is 4. The van der Waals surface area contributed by atoms with E-state index in [0.717, 1.165) is 11.8 Å². The molecule has 1 nitrogen and oxygen atoms in total. The lowest BCUT2D eigenvalue weighted by atomic mass is 9.88. The van der Waals surface area contributed by atoms with Gasteiger partial charge in [-0.2, -0.15) is 0 Å². The number of anilines is 3. The van der Waals surface area contributed by atoms with Crippen LogP contribution in [-0.2, 0) is 0 Å². The minimum atomic E-state index is 0.753. The van der Waals surface area contributed by atoms with Crippen LogP contribution >= 0.6 is 0 Å². The standard InChI is InChI=1S/C33H27N/c1-3-11-28(12-4-1)34(29-13-5-2-6-14-29)33-22-24-10-8-7-9-23(24)20-32(33)27-17-18-30-25-15-16-26(19-25)31(30)21-27/h1-14,17-18,20-22,25-26H,15-16,19H2. The van der Waals surface area contributed by atoms with Crippen molar-refractivity contribution >= 4 is 27.8 Å². The molecule has 164 valence electrons. The van der Waals surface area contributed by atoms with Gasteiger partial charge in [0, 0.05) is 16.9 Å². The van der Waals surface area contributed by atoms with Gasteiger partial charge in [0.1, 0.15) is 0 Å². The van der Waals surface area contributed by atoms with E-state index in [-0.39, 0.29) is 0 Å². The Balaban J connectivity index is 1.49. The van der Waals surface area contributed by atoms with Gasteiger partial charge < -0.3 is 4.90 Å². The molecular formula is C33H27N. The zero-order valence-electron chi connectivity index (χ0n) is 19.2. The fraction of sp³-hybridized carbons (Fsp3) is 0.152. The first-order chi connectivity index (χ1) is 16.8. The summed E-state index contributed by atoms with van der Waals surface area (Å²) in [5.41, 5.74) is 9.38. The van der Waals surface area contributed by atoms with E-state index in [9.17, 15) is 0 Å². The molecule has 1 fully saturated rings. The number of fused-ring (bicyclic) bond motifs is 6. The Morgan fingerprint density at radius 3 is 1.79 bits per heavy atom. The second kappa shape index (κ2) is 7.88. The van der Waals surface area contributed by atoms with Crippen molar-refractivity contribution in [3.05, 3.63) is 126 Å². The summed E-state index contributed by atoms with van der Waals surface area (Å²) >= 11 is 0. The minimum absolute atomic E-state index is 0.753. The van der Waals surface area contributed by atoms with Gasteiger partial charge in [0.15, 0.2) is 0 Å². The summed E-state index contributed by atoms with van der Waals surface area (Å²) in [7, 11) is 0. The quantitative estimate of drug-likeness (QED) is 0.271. The van der Waals surface area contributed by atoms with E-state index in [1.54, 1.807) is 11.1 Å². The summed E-state index contributed by atoms with van der Waals surface area (Å²) in [5, 5.41) is 2.54. The summed E-state index contributed by atoms with van der Waals surface area (Å²) < 4.78 is 0. The Morgan fingerprint density at radius 2 is 1.12 bits per heavy atom. The van der Waals surface area contributed by atoms with Crippen molar-refractivity contribution in [2.75, 3.05) is 4.90 Å². The molecule has 0 saturated heterocycles. The molecule has 2 aliphatic rings. The maximum atomic E-state index is 2.50. The van der Waals surface area contributed by atoms with E-state index in [0.29, 0.717) is 0 Å². The predicted octanol–water partition coefficient (Wildman–Crippen LogP) is 9.34. The molecule has 2 atom stereocenters. The van der Waals surface area contributed by atoms with Crippen molar-refractivity contribution in [2.24, 2.45) is 0 Å². The highest BCUT2D eigenvalue weighted by atomic mass is 15.1. The molecule has 7 rings (SSSR count). The maximum absolute atomic E-state index is 2.50.